The number of nitrogens with zero attached hydrogens (tertiary/aromatic N) is 4. The van der Waals surface area contributed by atoms with Crippen LogP contribution in [0.15, 0.2) is 22.9 Å². The maximum atomic E-state index is 11.4. The van der Waals surface area contributed by atoms with Gasteiger partial charge in [-0.3, -0.25) is 4.79 Å². The highest BCUT2D eigenvalue weighted by Gasteiger charge is 2.20. The lowest BCUT2D eigenvalue weighted by atomic mass is 10.1. The first-order chi connectivity index (χ1) is 9.92. The maximum Gasteiger partial charge on any atom is 0.492 e. The second kappa shape index (κ2) is 6.00. The van der Waals surface area contributed by atoms with E-state index in [2.05, 4.69) is 26.0 Å². The van der Waals surface area contributed by atoms with E-state index in [1.807, 2.05) is 0 Å². The van der Waals surface area contributed by atoms with Gasteiger partial charge in [0.25, 0.3) is 4.73 Å². The first-order valence-electron chi connectivity index (χ1n) is 5.85. The SMILES string of the molecule is COc1ccc(C(C)=O)cc1Cn1nc([N+](=O)[O-])nc1Br. The third-order valence-corrected chi connectivity index (χ3v) is 3.37. The Morgan fingerprint density at radius 2 is 2.24 bits per heavy atom. The van der Waals surface area contributed by atoms with Crippen LogP contribution >= 0.6 is 15.9 Å². The molecule has 0 radical (unpaired) electrons. The molecule has 0 unspecified atom stereocenters. The fraction of sp³-hybridized carbons (Fsp3) is 0.250. The van der Waals surface area contributed by atoms with Gasteiger partial charge in [0.2, 0.25) is 0 Å². The van der Waals surface area contributed by atoms with Crippen LogP contribution in [0.5, 0.6) is 5.75 Å². The van der Waals surface area contributed by atoms with Gasteiger partial charge in [0.15, 0.2) is 5.78 Å². The van der Waals surface area contributed by atoms with Gasteiger partial charge in [0.05, 0.1) is 13.7 Å². The number of halogens is 1. The Bertz CT molecular complexity index is 713. The minimum atomic E-state index is -0.676. The zero-order valence-corrected chi connectivity index (χ0v) is 12.8. The van der Waals surface area contributed by atoms with Crippen molar-refractivity contribution in [3.05, 3.63) is 44.2 Å². The van der Waals surface area contributed by atoms with Gasteiger partial charge in [-0.15, -0.1) is 0 Å². The normalized spacial score (nSPS) is 10.4. The number of benzene rings is 1. The van der Waals surface area contributed by atoms with E-state index in [-0.39, 0.29) is 17.1 Å². The molecule has 9 heteroatoms. The Morgan fingerprint density at radius 1 is 1.52 bits per heavy atom. The van der Waals surface area contributed by atoms with Crippen LogP contribution in [-0.4, -0.2) is 32.6 Å². The van der Waals surface area contributed by atoms with Gasteiger partial charge in [0.1, 0.15) is 5.75 Å². The number of Topliss-reactive ketones (excluding diaryl/α,β-unsaturated/α-hetero) is 1. The van der Waals surface area contributed by atoms with E-state index in [0.29, 0.717) is 16.9 Å². The third kappa shape index (κ3) is 3.24. The standard InChI is InChI=1S/C12H11BrN4O4/c1-7(18)8-3-4-10(21-2)9(5-8)6-16-11(13)14-12(15-16)17(19)20/h3-5H,6H2,1-2H3. The molecule has 0 fully saturated rings. The molecule has 2 rings (SSSR count). The summed E-state index contributed by atoms with van der Waals surface area (Å²) in [4.78, 5) is 25.1. The van der Waals surface area contributed by atoms with Gasteiger partial charge in [-0.1, -0.05) is 0 Å². The first kappa shape index (κ1) is 15.1. The summed E-state index contributed by atoms with van der Waals surface area (Å²) >= 11 is 3.11. The van der Waals surface area contributed by atoms with Crippen LogP contribution in [0, 0.1) is 10.1 Å². The lowest BCUT2D eigenvalue weighted by Gasteiger charge is -2.08. The average Bonchev–Trinajstić information content (AvgIpc) is 2.80. The molecule has 0 bridgehead atoms. The van der Waals surface area contributed by atoms with Gasteiger partial charge in [-0.05, 0) is 35.0 Å². The van der Waals surface area contributed by atoms with Crippen molar-refractivity contribution < 1.29 is 14.5 Å². The fourth-order valence-corrected chi connectivity index (χ4v) is 2.14. The van der Waals surface area contributed by atoms with Crippen LogP contribution in [0.4, 0.5) is 5.95 Å². The molecule has 0 amide bonds. The van der Waals surface area contributed by atoms with Gasteiger partial charge in [-0.2, -0.15) is 4.68 Å². The molecule has 0 aliphatic heterocycles. The van der Waals surface area contributed by atoms with Crippen LogP contribution < -0.4 is 4.74 Å². The second-order valence-electron chi connectivity index (χ2n) is 4.18. The topological polar surface area (TPSA) is 100 Å². The van der Waals surface area contributed by atoms with E-state index in [1.54, 1.807) is 18.2 Å². The van der Waals surface area contributed by atoms with E-state index in [4.69, 9.17) is 4.74 Å². The van der Waals surface area contributed by atoms with E-state index in [0.717, 1.165) is 0 Å². The molecule has 1 aromatic carbocycles. The van der Waals surface area contributed by atoms with Crippen LogP contribution in [0.2, 0.25) is 0 Å². The predicted molar refractivity (Wildman–Crippen MR) is 76.5 cm³/mol. The third-order valence-electron chi connectivity index (χ3n) is 2.79. The van der Waals surface area contributed by atoms with Gasteiger partial charge >= 0.3 is 5.95 Å². The Labute approximate surface area is 128 Å². The number of carbonyl (C=O) groups excluding carboxylic acids is 1. The number of hydrogen-bond acceptors (Lipinski definition) is 6. The monoisotopic (exact) mass is 354 g/mol. The Morgan fingerprint density at radius 3 is 2.76 bits per heavy atom. The van der Waals surface area contributed by atoms with Crippen molar-refractivity contribution in [3.63, 3.8) is 0 Å². The number of ketones is 1. The molecule has 0 N–H and O–H groups in total. The minimum absolute atomic E-state index is 0.0810. The second-order valence-corrected chi connectivity index (χ2v) is 4.89. The fourth-order valence-electron chi connectivity index (χ4n) is 1.77. The van der Waals surface area contributed by atoms with Crippen molar-refractivity contribution >= 4 is 27.7 Å². The molecule has 0 saturated heterocycles. The van der Waals surface area contributed by atoms with Crippen molar-refractivity contribution in [2.75, 3.05) is 7.11 Å². The predicted octanol–water partition coefficient (Wildman–Crippen LogP) is 2.21. The molecule has 0 spiro atoms. The molecule has 0 saturated carbocycles. The highest BCUT2D eigenvalue weighted by Crippen LogP contribution is 2.23. The summed E-state index contributed by atoms with van der Waals surface area (Å²) in [6.07, 6.45) is 0. The van der Waals surface area contributed by atoms with Gasteiger partial charge < -0.3 is 14.9 Å². The molecule has 21 heavy (non-hydrogen) atoms. The summed E-state index contributed by atoms with van der Waals surface area (Å²) in [6, 6.07) is 5.00. The first-order valence-corrected chi connectivity index (χ1v) is 6.64. The van der Waals surface area contributed by atoms with Crippen molar-refractivity contribution in [3.8, 4) is 5.75 Å². The summed E-state index contributed by atoms with van der Waals surface area (Å²) in [5.74, 6) is -0.0174. The number of carbonyl (C=O) groups is 1. The summed E-state index contributed by atoms with van der Waals surface area (Å²) < 4.78 is 6.77. The van der Waals surface area contributed by atoms with E-state index < -0.39 is 10.9 Å². The van der Waals surface area contributed by atoms with Crippen molar-refractivity contribution in [2.45, 2.75) is 13.5 Å². The van der Waals surface area contributed by atoms with E-state index >= 15 is 0 Å². The van der Waals surface area contributed by atoms with E-state index in [9.17, 15) is 14.9 Å². The number of rotatable bonds is 5. The molecular weight excluding hydrogens is 344 g/mol. The largest absolute Gasteiger partial charge is 0.496 e. The van der Waals surface area contributed by atoms with Crippen LogP contribution in [-0.2, 0) is 6.54 Å². The van der Waals surface area contributed by atoms with Gasteiger partial charge in [0, 0.05) is 32.2 Å². The van der Waals surface area contributed by atoms with Crippen LogP contribution in [0.25, 0.3) is 0 Å². The molecule has 110 valence electrons. The summed E-state index contributed by atoms with van der Waals surface area (Å²) in [6.45, 7) is 1.65. The summed E-state index contributed by atoms with van der Waals surface area (Å²) in [7, 11) is 1.51. The molecule has 1 heterocycles. The minimum Gasteiger partial charge on any atom is -0.496 e. The Hall–Kier alpha value is -2.29. The maximum absolute atomic E-state index is 11.4. The van der Waals surface area contributed by atoms with Crippen LogP contribution in [0.3, 0.4) is 0 Å². The average molecular weight is 355 g/mol. The number of ether oxygens (including phenoxy) is 1. The lowest BCUT2D eigenvalue weighted by Crippen LogP contribution is -2.06. The van der Waals surface area contributed by atoms with Gasteiger partial charge in [-0.25, -0.2) is 0 Å². The van der Waals surface area contributed by atoms with Crippen molar-refractivity contribution in [1.82, 2.24) is 14.8 Å². The summed E-state index contributed by atoms with van der Waals surface area (Å²) in [5.41, 5.74) is 1.20. The highest BCUT2D eigenvalue weighted by atomic mass is 79.9. The Kier molecular flexibility index (Phi) is 4.32. The summed E-state index contributed by atoms with van der Waals surface area (Å²) in [5, 5.41) is 14.4. The smallest absolute Gasteiger partial charge is 0.492 e. The molecule has 2 aromatic rings. The number of hydrogen-bond donors (Lipinski definition) is 0. The van der Waals surface area contributed by atoms with E-state index in [1.165, 1.54) is 18.7 Å². The van der Waals surface area contributed by atoms with Crippen molar-refractivity contribution in [1.29, 1.82) is 0 Å². The van der Waals surface area contributed by atoms with Crippen molar-refractivity contribution in [2.24, 2.45) is 0 Å². The van der Waals surface area contributed by atoms with Crippen LogP contribution in [0.1, 0.15) is 22.8 Å². The zero-order chi connectivity index (χ0) is 15.6. The molecule has 8 nitrogen and oxygen atoms in total. The molecule has 0 aliphatic carbocycles. The molecular formula is C12H11BrN4O4. The number of methoxy groups -OCH3 is 1. The Balaban J connectivity index is 2.40. The molecule has 1 aromatic heterocycles. The quantitative estimate of drug-likeness (QED) is 0.463. The highest BCUT2D eigenvalue weighted by molar-refractivity contribution is 9.10. The molecule has 0 atom stereocenters. The lowest BCUT2D eigenvalue weighted by molar-refractivity contribution is -0.394. The molecule has 0 aliphatic rings. The zero-order valence-electron chi connectivity index (χ0n) is 11.2. The number of nitro groups is 1. The number of aromatic nitrogens is 3.